The number of hydrogen-bond donors (Lipinski definition) is 1. The zero-order valence-electron chi connectivity index (χ0n) is 14.5. The number of halogens is 2. The molecule has 138 valence electrons. The summed E-state index contributed by atoms with van der Waals surface area (Å²) in [5.74, 6) is -1.44. The highest BCUT2D eigenvalue weighted by Crippen LogP contribution is 2.39. The molecule has 1 amide bonds. The van der Waals surface area contributed by atoms with Crippen LogP contribution in [0.4, 0.5) is 8.78 Å². The first-order valence-electron chi connectivity index (χ1n) is 9.06. The normalized spacial score (nSPS) is 24.9. The highest BCUT2D eigenvalue weighted by molar-refractivity contribution is 5.77. The molecule has 2 fully saturated rings. The fourth-order valence-corrected chi connectivity index (χ4v) is 4.24. The fraction of sp³-hybridized carbons (Fsp3) is 0.632. The molecule has 3 rings (SSSR count). The van der Waals surface area contributed by atoms with Crippen molar-refractivity contribution >= 4 is 5.91 Å². The molecule has 0 saturated carbocycles. The van der Waals surface area contributed by atoms with E-state index in [2.05, 4.69) is 4.90 Å². The van der Waals surface area contributed by atoms with Crippen LogP contribution in [-0.4, -0.2) is 53.6 Å². The third-order valence-corrected chi connectivity index (χ3v) is 5.46. The highest BCUT2D eigenvalue weighted by Gasteiger charge is 2.41. The van der Waals surface area contributed by atoms with Crippen LogP contribution >= 0.6 is 0 Å². The van der Waals surface area contributed by atoms with E-state index in [0.717, 1.165) is 44.5 Å². The van der Waals surface area contributed by atoms with E-state index in [1.165, 1.54) is 12.1 Å². The molecule has 1 spiro atoms. The number of aliphatic hydroxyl groups excluding tert-OH is 1. The van der Waals surface area contributed by atoms with E-state index in [0.29, 0.717) is 25.9 Å². The van der Waals surface area contributed by atoms with Gasteiger partial charge in [0.1, 0.15) is 0 Å². The van der Waals surface area contributed by atoms with Crippen molar-refractivity contribution in [2.75, 3.05) is 32.8 Å². The van der Waals surface area contributed by atoms with Crippen molar-refractivity contribution in [1.82, 2.24) is 9.80 Å². The maximum Gasteiger partial charge on any atom is 0.222 e. The van der Waals surface area contributed by atoms with E-state index in [-0.39, 0.29) is 17.9 Å². The average Bonchev–Trinajstić information content (AvgIpc) is 2.59. The minimum atomic E-state index is -0.816. The van der Waals surface area contributed by atoms with Crippen molar-refractivity contribution in [3.63, 3.8) is 0 Å². The van der Waals surface area contributed by atoms with Crippen LogP contribution in [-0.2, 0) is 11.3 Å². The van der Waals surface area contributed by atoms with Gasteiger partial charge >= 0.3 is 0 Å². The number of hydrogen-bond acceptors (Lipinski definition) is 3. The first-order valence-corrected chi connectivity index (χ1v) is 9.06. The third kappa shape index (κ3) is 4.36. The number of carbonyl (C=O) groups is 1. The molecule has 2 saturated heterocycles. The monoisotopic (exact) mass is 352 g/mol. The van der Waals surface area contributed by atoms with Gasteiger partial charge in [0.2, 0.25) is 5.91 Å². The Morgan fingerprint density at radius 2 is 2.00 bits per heavy atom. The highest BCUT2D eigenvalue weighted by atomic mass is 19.2. The molecular weight excluding hydrogens is 326 g/mol. The summed E-state index contributed by atoms with van der Waals surface area (Å²) in [5, 5.41) is 9.03. The number of rotatable bonds is 5. The number of likely N-dealkylation sites (tertiary alicyclic amines) is 2. The van der Waals surface area contributed by atoms with E-state index in [4.69, 9.17) is 5.11 Å². The molecule has 1 N–H and O–H groups in total. The summed E-state index contributed by atoms with van der Waals surface area (Å²) < 4.78 is 26.5. The molecule has 2 aliphatic heterocycles. The molecule has 6 heteroatoms. The smallest absolute Gasteiger partial charge is 0.222 e. The second-order valence-corrected chi connectivity index (χ2v) is 7.46. The van der Waals surface area contributed by atoms with Gasteiger partial charge in [-0.15, -0.1) is 0 Å². The number of aliphatic hydroxyl groups is 1. The van der Waals surface area contributed by atoms with Crippen molar-refractivity contribution in [2.24, 2.45) is 5.41 Å². The molecule has 0 bridgehead atoms. The van der Waals surface area contributed by atoms with E-state index in [1.807, 2.05) is 4.90 Å². The second kappa shape index (κ2) is 7.79. The van der Waals surface area contributed by atoms with Crippen LogP contribution in [0.1, 0.15) is 37.7 Å². The minimum absolute atomic E-state index is 0.0835. The molecule has 0 radical (unpaired) electrons. The van der Waals surface area contributed by atoms with E-state index < -0.39 is 11.6 Å². The van der Waals surface area contributed by atoms with Gasteiger partial charge in [-0.3, -0.25) is 9.69 Å². The van der Waals surface area contributed by atoms with Crippen LogP contribution in [0.5, 0.6) is 0 Å². The predicted molar refractivity (Wildman–Crippen MR) is 90.8 cm³/mol. The van der Waals surface area contributed by atoms with Crippen molar-refractivity contribution < 1.29 is 18.7 Å². The standard InChI is InChI=1S/C19H26F2N2O2/c20-16-4-3-15(11-17(16)21)12-22-8-1-6-19(13-22)7-5-18(25)23(14-19)9-2-10-24/h3-4,11,24H,1-2,5-10,12-14H2/t19-/m1/s1. The van der Waals surface area contributed by atoms with Gasteiger partial charge in [0.25, 0.3) is 0 Å². The van der Waals surface area contributed by atoms with Crippen molar-refractivity contribution in [1.29, 1.82) is 0 Å². The van der Waals surface area contributed by atoms with Crippen LogP contribution in [0.15, 0.2) is 18.2 Å². The van der Waals surface area contributed by atoms with Gasteiger partial charge in [-0.25, -0.2) is 8.78 Å². The van der Waals surface area contributed by atoms with Crippen LogP contribution in [0, 0.1) is 17.0 Å². The van der Waals surface area contributed by atoms with Crippen LogP contribution in [0.3, 0.4) is 0 Å². The van der Waals surface area contributed by atoms with E-state index in [1.54, 1.807) is 6.07 Å². The topological polar surface area (TPSA) is 43.8 Å². The average molecular weight is 352 g/mol. The molecule has 0 aliphatic carbocycles. The second-order valence-electron chi connectivity index (χ2n) is 7.46. The van der Waals surface area contributed by atoms with Gasteiger partial charge in [-0.05, 0) is 49.9 Å². The molecule has 2 heterocycles. The molecule has 0 aromatic heterocycles. The Kier molecular flexibility index (Phi) is 5.69. The van der Waals surface area contributed by atoms with Gasteiger partial charge in [0, 0.05) is 44.6 Å². The lowest BCUT2D eigenvalue weighted by atomic mass is 9.73. The SMILES string of the molecule is O=C1CC[C@@]2(CCCN(Cc3ccc(F)c(F)c3)C2)CN1CCCO. The minimum Gasteiger partial charge on any atom is -0.396 e. The molecule has 1 atom stereocenters. The van der Waals surface area contributed by atoms with Crippen molar-refractivity contribution in [3.05, 3.63) is 35.4 Å². The Morgan fingerprint density at radius 1 is 1.16 bits per heavy atom. The lowest BCUT2D eigenvalue weighted by Crippen LogP contribution is -2.54. The summed E-state index contributed by atoms with van der Waals surface area (Å²) in [4.78, 5) is 16.3. The lowest BCUT2D eigenvalue weighted by molar-refractivity contribution is -0.139. The van der Waals surface area contributed by atoms with E-state index in [9.17, 15) is 13.6 Å². The maximum absolute atomic E-state index is 13.4. The van der Waals surface area contributed by atoms with Gasteiger partial charge in [-0.2, -0.15) is 0 Å². The maximum atomic E-state index is 13.4. The van der Waals surface area contributed by atoms with Crippen LogP contribution in [0.25, 0.3) is 0 Å². The van der Waals surface area contributed by atoms with Crippen LogP contribution < -0.4 is 0 Å². The van der Waals surface area contributed by atoms with Crippen molar-refractivity contribution in [2.45, 2.75) is 38.6 Å². The largest absolute Gasteiger partial charge is 0.396 e. The quantitative estimate of drug-likeness (QED) is 0.886. The number of nitrogens with zero attached hydrogens (tertiary/aromatic N) is 2. The Morgan fingerprint density at radius 3 is 2.76 bits per heavy atom. The number of amides is 1. The fourth-order valence-electron chi connectivity index (χ4n) is 4.24. The summed E-state index contributed by atoms with van der Waals surface area (Å²) >= 11 is 0. The molecule has 4 nitrogen and oxygen atoms in total. The van der Waals surface area contributed by atoms with E-state index >= 15 is 0 Å². The Hall–Kier alpha value is -1.53. The Bertz CT molecular complexity index is 625. The summed E-state index contributed by atoms with van der Waals surface area (Å²) in [6.07, 6.45) is 4.19. The number of piperidine rings is 2. The Balaban J connectivity index is 1.65. The van der Waals surface area contributed by atoms with Crippen LogP contribution in [0.2, 0.25) is 0 Å². The molecular formula is C19H26F2N2O2. The first-order chi connectivity index (χ1) is 12.0. The Labute approximate surface area is 147 Å². The first kappa shape index (κ1) is 18.3. The zero-order chi connectivity index (χ0) is 17.9. The summed E-state index contributed by atoms with van der Waals surface area (Å²) in [7, 11) is 0. The summed E-state index contributed by atoms with van der Waals surface area (Å²) in [5.41, 5.74) is 0.861. The predicted octanol–water partition coefficient (Wildman–Crippen LogP) is 2.55. The van der Waals surface area contributed by atoms with Gasteiger partial charge in [0.15, 0.2) is 11.6 Å². The molecule has 25 heavy (non-hydrogen) atoms. The van der Waals surface area contributed by atoms with Crippen molar-refractivity contribution in [3.8, 4) is 0 Å². The molecule has 1 aromatic rings. The van der Waals surface area contributed by atoms with Gasteiger partial charge in [-0.1, -0.05) is 6.07 Å². The molecule has 0 unspecified atom stereocenters. The molecule has 2 aliphatic rings. The number of carbonyl (C=O) groups excluding carboxylic acids is 1. The van der Waals surface area contributed by atoms with Gasteiger partial charge < -0.3 is 10.0 Å². The summed E-state index contributed by atoms with van der Waals surface area (Å²) in [6.45, 7) is 3.85. The zero-order valence-corrected chi connectivity index (χ0v) is 14.5. The third-order valence-electron chi connectivity index (χ3n) is 5.46. The lowest BCUT2D eigenvalue weighted by Gasteiger charge is -2.48. The summed E-state index contributed by atoms with van der Waals surface area (Å²) in [6, 6.07) is 4.09. The van der Waals surface area contributed by atoms with Gasteiger partial charge in [0.05, 0.1) is 0 Å². The molecule has 1 aromatic carbocycles. The number of benzene rings is 1.